The lowest BCUT2D eigenvalue weighted by atomic mass is 10.1. The summed E-state index contributed by atoms with van der Waals surface area (Å²) < 4.78 is 31.6. The largest absolute Gasteiger partial charge is 0.462 e. The second-order valence-corrected chi connectivity index (χ2v) is 5.00. The summed E-state index contributed by atoms with van der Waals surface area (Å²) in [5, 5.41) is 10.5. The third-order valence-electron chi connectivity index (χ3n) is 3.13. The number of alkyl halides is 2. The molecular formula is C15H19F2NO4. The van der Waals surface area contributed by atoms with E-state index in [-0.39, 0.29) is 37.1 Å². The van der Waals surface area contributed by atoms with Crippen LogP contribution in [0, 0.1) is 10.1 Å². The molecule has 0 amide bonds. The van der Waals surface area contributed by atoms with Gasteiger partial charge in [0, 0.05) is 25.0 Å². The van der Waals surface area contributed by atoms with Gasteiger partial charge in [0.05, 0.1) is 17.1 Å². The molecule has 0 atom stereocenters. The summed E-state index contributed by atoms with van der Waals surface area (Å²) in [5.41, 5.74) is 0.0236. The molecule has 0 saturated heterocycles. The number of hydrogen-bond acceptors (Lipinski definition) is 4. The van der Waals surface area contributed by atoms with Gasteiger partial charge in [-0.3, -0.25) is 10.1 Å². The van der Waals surface area contributed by atoms with E-state index in [1.165, 1.54) is 24.3 Å². The van der Waals surface area contributed by atoms with Gasteiger partial charge in [0.25, 0.3) is 5.69 Å². The van der Waals surface area contributed by atoms with Crippen molar-refractivity contribution in [2.75, 3.05) is 6.61 Å². The quantitative estimate of drug-likeness (QED) is 0.294. The maximum absolute atomic E-state index is 13.4. The number of rotatable bonds is 9. The minimum absolute atomic E-state index is 0.0788. The molecule has 0 radical (unpaired) electrons. The first-order chi connectivity index (χ1) is 10.4. The first-order valence-corrected chi connectivity index (χ1v) is 7.15. The molecule has 1 rings (SSSR count). The molecule has 0 unspecified atom stereocenters. The van der Waals surface area contributed by atoms with E-state index in [4.69, 9.17) is 4.74 Å². The molecule has 0 saturated carbocycles. The number of nitro benzene ring substituents is 1. The van der Waals surface area contributed by atoms with Gasteiger partial charge in [0.15, 0.2) is 0 Å². The standard InChI is InChI=1S/C15H19F2NO4/c1-2-3-9-15(16,17)10-4-11-22-14(19)12-5-7-13(8-6-12)18(20)21/h5-8H,2-4,9-11H2,1H3. The summed E-state index contributed by atoms with van der Waals surface area (Å²) in [7, 11) is 0. The van der Waals surface area contributed by atoms with Crippen LogP contribution < -0.4 is 0 Å². The Morgan fingerprint density at radius 2 is 1.82 bits per heavy atom. The first kappa shape index (κ1) is 18.0. The summed E-state index contributed by atoms with van der Waals surface area (Å²) in [5.74, 6) is -3.40. The van der Waals surface area contributed by atoms with Crippen molar-refractivity contribution in [3.8, 4) is 0 Å². The van der Waals surface area contributed by atoms with Crippen molar-refractivity contribution in [1.29, 1.82) is 0 Å². The number of hydrogen-bond donors (Lipinski definition) is 0. The summed E-state index contributed by atoms with van der Waals surface area (Å²) in [6, 6.07) is 4.93. The van der Waals surface area contributed by atoms with Gasteiger partial charge >= 0.3 is 5.97 Å². The number of carbonyl (C=O) groups excluding carboxylic acids is 1. The fourth-order valence-corrected chi connectivity index (χ4v) is 1.86. The van der Waals surface area contributed by atoms with E-state index in [0.717, 1.165) is 0 Å². The van der Waals surface area contributed by atoms with E-state index >= 15 is 0 Å². The zero-order valence-corrected chi connectivity index (χ0v) is 12.4. The van der Waals surface area contributed by atoms with Gasteiger partial charge < -0.3 is 4.74 Å². The van der Waals surface area contributed by atoms with Crippen molar-refractivity contribution < 1.29 is 23.2 Å². The lowest BCUT2D eigenvalue weighted by Crippen LogP contribution is -2.17. The van der Waals surface area contributed by atoms with Gasteiger partial charge in [0.2, 0.25) is 5.92 Å². The van der Waals surface area contributed by atoms with Crippen LogP contribution in [0.1, 0.15) is 49.4 Å². The molecule has 1 aromatic carbocycles. The summed E-state index contributed by atoms with van der Waals surface area (Å²) in [4.78, 5) is 21.5. The zero-order valence-electron chi connectivity index (χ0n) is 12.4. The smallest absolute Gasteiger partial charge is 0.338 e. The van der Waals surface area contributed by atoms with Gasteiger partial charge in [-0.05, 0) is 25.0 Å². The highest BCUT2D eigenvalue weighted by molar-refractivity contribution is 5.89. The van der Waals surface area contributed by atoms with Crippen molar-refractivity contribution in [1.82, 2.24) is 0 Å². The highest BCUT2D eigenvalue weighted by Gasteiger charge is 2.27. The van der Waals surface area contributed by atoms with Gasteiger partial charge in [-0.2, -0.15) is 0 Å². The third kappa shape index (κ3) is 6.15. The lowest BCUT2D eigenvalue weighted by Gasteiger charge is -2.15. The van der Waals surface area contributed by atoms with Crippen LogP contribution in [0.25, 0.3) is 0 Å². The fraction of sp³-hybridized carbons (Fsp3) is 0.533. The number of esters is 1. The molecular weight excluding hydrogens is 296 g/mol. The van der Waals surface area contributed by atoms with Crippen LogP contribution in [-0.2, 0) is 4.74 Å². The number of carbonyl (C=O) groups is 1. The third-order valence-corrected chi connectivity index (χ3v) is 3.13. The number of benzene rings is 1. The van der Waals surface area contributed by atoms with Gasteiger partial charge in [-0.15, -0.1) is 0 Å². The minimum atomic E-state index is -2.73. The fourth-order valence-electron chi connectivity index (χ4n) is 1.86. The van der Waals surface area contributed by atoms with Gasteiger partial charge in [-0.1, -0.05) is 13.3 Å². The molecule has 122 valence electrons. The first-order valence-electron chi connectivity index (χ1n) is 7.15. The summed E-state index contributed by atoms with van der Waals surface area (Å²) >= 11 is 0. The van der Waals surface area contributed by atoms with E-state index in [0.29, 0.717) is 12.8 Å². The monoisotopic (exact) mass is 315 g/mol. The van der Waals surface area contributed by atoms with Crippen LogP contribution in [0.5, 0.6) is 0 Å². The Kier molecular flexibility index (Phi) is 6.88. The average Bonchev–Trinajstić information content (AvgIpc) is 2.49. The topological polar surface area (TPSA) is 69.4 Å². The predicted octanol–water partition coefficient (Wildman–Crippen LogP) is 4.36. The normalized spacial score (nSPS) is 11.2. The number of unbranched alkanes of at least 4 members (excludes halogenated alkanes) is 1. The molecule has 7 heteroatoms. The molecule has 0 aromatic heterocycles. The molecule has 0 aliphatic rings. The van der Waals surface area contributed by atoms with E-state index in [2.05, 4.69) is 0 Å². The molecule has 22 heavy (non-hydrogen) atoms. The molecule has 5 nitrogen and oxygen atoms in total. The van der Waals surface area contributed by atoms with E-state index in [1.54, 1.807) is 0 Å². The number of ether oxygens (including phenoxy) is 1. The van der Waals surface area contributed by atoms with Crippen LogP contribution in [-0.4, -0.2) is 23.4 Å². The van der Waals surface area contributed by atoms with E-state index in [1.807, 2.05) is 6.92 Å². The number of non-ortho nitro benzene ring substituents is 1. The van der Waals surface area contributed by atoms with Crippen LogP contribution in [0.15, 0.2) is 24.3 Å². The Labute approximate surface area is 127 Å². The van der Waals surface area contributed by atoms with Gasteiger partial charge in [-0.25, -0.2) is 13.6 Å². The van der Waals surface area contributed by atoms with Crippen LogP contribution in [0.4, 0.5) is 14.5 Å². The zero-order chi connectivity index (χ0) is 16.6. The van der Waals surface area contributed by atoms with Crippen LogP contribution >= 0.6 is 0 Å². The van der Waals surface area contributed by atoms with E-state index in [9.17, 15) is 23.7 Å². The average molecular weight is 315 g/mol. The van der Waals surface area contributed by atoms with Crippen molar-refractivity contribution in [3.05, 3.63) is 39.9 Å². The van der Waals surface area contributed by atoms with E-state index < -0.39 is 16.8 Å². The Bertz CT molecular complexity index is 503. The summed E-state index contributed by atoms with van der Waals surface area (Å²) in [6.07, 6.45) is 0.788. The Morgan fingerprint density at radius 3 is 2.36 bits per heavy atom. The maximum atomic E-state index is 13.4. The molecule has 0 N–H and O–H groups in total. The molecule has 0 bridgehead atoms. The number of nitrogens with zero attached hydrogens (tertiary/aromatic N) is 1. The SMILES string of the molecule is CCCCC(F)(F)CCCOC(=O)c1ccc([N+](=O)[O-])cc1. The van der Waals surface area contributed by atoms with Gasteiger partial charge in [0.1, 0.15) is 0 Å². The Balaban J connectivity index is 2.35. The van der Waals surface area contributed by atoms with Crippen molar-refractivity contribution >= 4 is 11.7 Å². The van der Waals surface area contributed by atoms with Crippen molar-refractivity contribution in [2.45, 2.75) is 45.0 Å². The highest BCUT2D eigenvalue weighted by atomic mass is 19.3. The Morgan fingerprint density at radius 1 is 1.23 bits per heavy atom. The molecule has 0 heterocycles. The maximum Gasteiger partial charge on any atom is 0.338 e. The summed E-state index contributed by atoms with van der Waals surface area (Å²) in [6.45, 7) is 1.75. The molecule has 1 aromatic rings. The van der Waals surface area contributed by atoms with Crippen molar-refractivity contribution in [3.63, 3.8) is 0 Å². The lowest BCUT2D eigenvalue weighted by molar-refractivity contribution is -0.384. The number of nitro groups is 1. The number of halogens is 2. The second-order valence-electron chi connectivity index (χ2n) is 5.00. The molecule has 0 spiro atoms. The van der Waals surface area contributed by atoms with Crippen LogP contribution in [0.3, 0.4) is 0 Å². The molecule has 0 fully saturated rings. The van der Waals surface area contributed by atoms with Crippen molar-refractivity contribution in [2.24, 2.45) is 0 Å². The molecule has 0 aliphatic carbocycles. The van der Waals surface area contributed by atoms with Crippen LogP contribution in [0.2, 0.25) is 0 Å². The molecule has 0 aliphatic heterocycles. The predicted molar refractivity (Wildman–Crippen MR) is 77.1 cm³/mol. The minimum Gasteiger partial charge on any atom is -0.462 e. The Hall–Kier alpha value is -2.05. The second kappa shape index (κ2) is 8.41. The highest BCUT2D eigenvalue weighted by Crippen LogP contribution is 2.26.